The highest BCUT2D eigenvalue weighted by Gasteiger charge is 2.57. The van der Waals surface area contributed by atoms with Crippen molar-refractivity contribution in [2.45, 2.75) is 50.9 Å². The maximum absolute atomic E-state index is 9.54. The van der Waals surface area contributed by atoms with E-state index in [4.69, 9.17) is 4.74 Å². The van der Waals surface area contributed by atoms with Gasteiger partial charge in [-0.3, -0.25) is 5.32 Å². The van der Waals surface area contributed by atoms with E-state index in [2.05, 4.69) is 16.3 Å². The highest BCUT2D eigenvalue weighted by Crippen LogP contribution is 2.44. The molecular formula is C13H25N3O. The summed E-state index contributed by atoms with van der Waals surface area (Å²) in [5.74, 6) is 0. The molecule has 0 aromatic rings. The summed E-state index contributed by atoms with van der Waals surface area (Å²) in [5, 5.41) is 12.9. The molecule has 0 aromatic carbocycles. The molecular weight excluding hydrogens is 214 g/mol. The normalized spacial score (nSPS) is 30.5. The van der Waals surface area contributed by atoms with E-state index in [1.807, 2.05) is 41.8 Å². The molecule has 1 rings (SSSR count). The predicted molar refractivity (Wildman–Crippen MR) is 68.8 cm³/mol. The van der Waals surface area contributed by atoms with Gasteiger partial charge in [0.2, 0.25) is 0 Å². The summed E-state index contributed by atoms with van der Waals surface area (Å²) in [6.07, 6.45) is 0.719. The minimum Gasteiger partial charge on any atom is -0.367 e. The number of nitrogens with zero attached hydrogens (tertiary/aromatic N) is 2. The molecule has 4 nitrogen and oxygen atoms in total. The van der Waals surface area contributed by atoms with Gasteiger partial charge in [-0.25, -0.2) is 0 Å². The Hall–Kier alpha value is -0.630. The second kappa shape index (κ2) is 4.56. The molecule has 1 atom stereocenters. The minimum absolute atomic E-state index is 0.246. The highest BCUT2D eigenvalue weighted by molar-refractivity contribution is 5.23. The molecule has 1 aliphatic heterocycles. The molecule has 1 unspecified atom stereocenters. The van der Waals surface area contributed by atoms with Crippen LogP contribution in [-0.4, -0.2) is 48.8 Å². The lowest BCUT2D eigenvalue weighted by Gasteiger charge is -2.35. The highest BCUT2D eigenvalue weighted by atomic mass is 16.5. The van der Waals surface area contributed by atoms with Crippen molar-refractivity contribution in [3.8, 4) is 6.07 Å². The Bertz CT molecular complexity index is 317. The Morgan fingerprint density at radius 3 is 2.24 bits per heavy atom. The first-order valence-corrected chi connectivity index (χ1v) is 6.15. The van der Waals surface area contributed by atoms with Crippen LogP contribution < -0.4 is 5.32 Å². The molecule has 0 amide bonds. The first-order valence-electron chi connectivity index (χ1n) is 6.15. The molecule has 98 valence electrons. The molecule has 1 saturated heterocycles. The van der Waals surface area contributed by atoms with Gasteiger partial charge in [0.1, 0.15) is 5.54 Å². The number of hydrogen-bond acceptors (Lipinski definition) is 4. The number of nitrogens with one attached hydrogen (secondary N) is 1. The molecule has 0 radical (unpaired) electrons. The van der Waals surface area contributed by atoms with Crippen LogP contribution in [0.3, 0.4) is 0 Å². The number of rotatable bonds is 4. The van der Waals surface area contributed by atoms with Gasteiger partial charge in [-0.2, -0.15) is 5.26 Å². The van der Waals surface area contributed by atoms with E-state index in [9.17, 15) is 5.26 Å². The average Bonchev–Trinajstić information content (AvgIpc) is 2.31. The average molecular weight is 239 g/mol. The summed E-state index contributed by atoms with van der Waals surface area (Å²) >= 11 is 0. The Morgan fingerprint density at radius 1 is 1.29 bits per heavy atom. The number of nitriles is 1. The van der Waals surface area contributed by atoms with Gasteiger partial charge in [0.25, 0.3) is 0 Å². The van der Waals surface area contributed by atoms with Crippen molar-refractivity contribution >= 4 is 0 Å². The van der Waals surface area contributed by atoms with Crippen LogP contribution in [0.5, 0.6) is 0 Å². The summed E-state index contributed by atoms with van der Waals surface area (Å²) < 4.78 is 6.00. The van der Waals surface area contributed by atoms with Gasteiger partial charge in [-0.05, 0) is 41.8 Å². The van der Waals surface area contributed by atoms with E-state index in [-0.39, 0.29) is 5.60 Å². The summed E-state index contributed by atoms with van der Waals surface area (Å²) in [7, 11) is 4.06. The fourth-order valence-electron chi connectivity index (χ4n) is 2.65. The Balaban J connectivity index is 2.78. The zero-order chi connectivity index (χ0) is 13.3. The molecule has 1 fully saturated rings. The fraction of sp³-hybridized carbons (Fsp3) is 0.923. The van der Waals surface area contributed by atoms with Gasteiger partial charge < -0.3 is 9.64 Å². The molecule has 1 N–H and O–H groups in total. The number of likely N-dealkylation sites (N-methyl/N-ethyl adjacent to an activating group) is 1. The second-order valence-corrected chi connectivity index (χ2v) is 6.30. The molecule has 1 aliphatic rings. The first kappa shape index (κ1) is 14.4. The van der Waals surface area contributed by atoms with E-state index in [0.717, 1.165) is 19.5 Å². The molecule has 4 heteroatoms. The topological polar surface area (TPSA) is 48.3 Å². The van der Waals surface area contributed by atoms with Crippen molar-refractivity contribution in [1.29, 1.82) is 5.26 Å². The van der Waals surface area contributed by atoms with Crippen molar-refractivity contribution in [3.63, 3.8) is 0 Å². The maximum Gasteiger partial charge on any atom is 0.138 e. The summed E-state index contributed by atoms with van der Waals surface area (Å²) in [4.78, 5) is 2.10. The summed E-state index contributed by atoms with van der Waals surface area (Å²) in [6.45, 7) is 9.79. The molecule has 0 spiro atoms. The van der Waals surface area contributed by atoms with Crippen molar-refractivity contribution in [3.05, 3.63) is 0 Å². The fourth-order valence-corrected chi connectivity index (χ4v) is 2.65. The summed E-state index contributed by atoms with van der Waals surface area (Å²) in [5.41, 5.74) is -1.30. The van der Waals surface area contributed by atoms with Crippen LogP contribution in [0, 0.1) is 11.3 Å². The van der Waals surface area contributed by atoms with Crippen LogP contribution in [0.4, 0.5) is 0 Å². The molecule has 0 aliphatic carbocycles. The monoisotopic (exact) mass is 239 g/mol. The van der Waals surface area contributed by atoms with Crippen LogP contribution in [0.1, 0.15) is 34.1 Å². The molecule has 1 heterocycles. The van der Waals surface area contributed by atoms with Gasteiger partial charge >= 0.3 is 0 Å². The van der Waals surface area contributed by atoms with Crippen molar-refractivity contribution in [1.82, 2.24) is 10.2 Å². The van der Waals surface area contributed by atoms with Crippen LogP contribution in [0.15, 0.2) is 0 Å². The van der Waals surface area contributed by atoms with Crippen LogP contribution in [0.2, 0.25) is 0 Å². The van der Waals surface area contributed by atoms with Crippen molar-refractivity contribution in [2.24, 2.45) is 0 Å². The first-order chi connectivity index (χ1) is 7.64. The Kier molecular flexibility index (Phi) is 3.87. The van der Waals surface area contributed by atoms with E-state index in [1.54, 1.807) is 0 Å². The van der Waals surface area contributed by atoms with E-state index in [0.29, 0.717) is 0 Å². The molecule has 0 bridgehead atoms. The zero-order valence-corrected chi connectivity index (χ0v) is 11.9. The second-order valence-electron chi connectivity index (χ2n) is 6.30. The van der Waals surface area contributed by atoms with Crippen LogP contribution in [0.25, 0.3) is 0 Å². The molecule has 0 aromatic heterocycles. The van der Waals surface area contributed by atoms with E-state index in [1.165, 1.54) is 0 Å². The lowest BCUT2D eigenvalue weighted by molar-refractivity contribution is -0.0766. The van der Waals surface area contributed by atoms with Gasteiger partial charge in [-0.1, -0.05) is 0 Å². The number of ether oxygens (including phenoxy) is 1. The van der Waals surface area contributed by atoms with E-state index >= 15 is 0 Å². The number of hydrogen-bond donors (Lipinski definition) is 1. The van der Waals surface area contributed by atoms with Crippen LogP contribution >= 0.6 is 0 Å². The largest absolute Gasteiger partial charge is 0.367 e. The van der Waals surface area contributed by atoms with Gasteiger partial charge in [0, 0.05) is 19.5 Å². The standard InChI is InChI=1S/C13H25N3O/c1-11(2)9-13(10-14,12(3,4)17-11)15-7-8-16(5)6/h15H,7-9H2,1-6H3. The van der Waals surface area contributed by atoms with E-state index < -0.39 is 11.1 Å². The SMILES string of the molecule is CN(C)CCNC1(C#N)CC(C)(C)OC1(C)C. The zero-order valence-electron chi connectivity index (χ0n) is 11.9. The molecule has 0 saturated carbocycles. The Morgan fingerprint density at radius 2 is 1.88 bits per heavy atom. The van der Waals surface area contributed by atoms with Gasteiger partial charge in [0.05, 0.1) is 17.3 Å². The maximum atomic E-state index is 9.54. The lowest BCUT2D eigenvalue weighted by Crippen LogP contribution is -2.57. The third-order valence-electron chi connectivity index (χ3n) is 3.43. The van der Waals surface area contributed by atoms with Gasteiger partial charge in [-0.15, -0.1) is 0 Å². The van der Waals surface area contributed by atoms with Crippen molar-refractivity contribution < 1.29 is 4.74 Å². The molecule has 17 heavy (non-hydrogen) atoms. The lowest BCUT2D eigenvalue weighted by atomic mass is 9.80. The predicted octanol–water partition coefficient (Wildman–Crippen LogP) is 1.38. The van der Waals surface area contributed by atoms with Crippen LogP contribution in [-0.2, 0) is 4.74 Å². The minimum atomic E-state index is -0.591. The van der Waals surface area contributed by atoms with Gasteiger partial charge in [0.15, 0.2) is 0 Å². The quantitative estimate of drug-likeness (QED) is 0.805. The smallest absolute Gasteiger partial charge is 0.138 e. The third kappa shape index (κ3) is 2.98. The Labute approximate surface area is 105 Å². The van der Waals surface area contributed by atoms with Crippen molar-refractivity contribution in [2.75, 3.05) is 27.2 Å². The third-order valence-corrected chi connectivity index (χ3v) is 3.43. The summed E-state index contributed by atoms with van der Waals surface area (Å²) in [6, 6.07) is 2.44.